The van der Waals surface area contributed by atoms with Gasteiger partial charge in [0.25, 0.3) is 0 Å². The van der Waals surface area contributed by atoms with Crippen LogP contribution in [0.5, 0.6) is 0 Å². The lowest BCUT2D eigenvalue weighted by molar-refractivity contribution is -0.117. The average Bonchev–Trinajstić information content (AvgIpc) is 3.05. The van der Waals surface area contributed by atoms with Crippen molar-refractivity contribution in [3.8, 4) is 0 Å². The van der Waals surface area contributed by atoms with Crippen molar-refractivity contribution in [2.75, 3.05) is 18.0 Å². The van der Waals surface area contributed by atoms with Crippen molar-refractivity contribution in [1.29, 1.82) is 0 Å². The molecule has 3 heteroatoms. The third-order valence-corrected chi connectivity index (χ3v) is 4.09. The fourth-order valence-corrected chi connectivity index (χ4v) is 3.05. The Morgan fingerprint density at radius 3 is 2.89 bits per heavy atom. The standard InChI is InChI=1S/C15H20N2O/c18-15(11-16-13-6-2-3-7-13)17-10-9-12-5-1-4-8-14(12)17/h1,4-5,8,13,16H,2-3,6-7,9-11H2. The van der Waals surface area contributed by atoms with Crippen LogP contribution in [-0.4, -0.2) is 25.0 Å². The number of fused-ring (bicyclic) bond motifs is 1. The Kier molecular flexibility index (Phi) is 3.33. The molecular weight excluding hydrogens is 224 g/mol. The molecule has 1 amide bonds. The minimum atomic E-state index is 0.215. The van der Waals surface area contributed by atoms with Crippen LogP contribution in [0.3, 0.4) is 0 Å². The smallest absolute Gasteiger partial charge is 0.240 e. The number of carbonyl (C=O) groups excluding carboxylic acids is 1. The van der Waals surface area contributed by atoms with E-state index in [2.05, 4.69) is 17.4 Å². The maximum atomic E-state index is 12.2. The maximum absolute atomic E-state index is 12.2. The molecule has 1 N–H and O–H groups in total. The number of anilines is 1. The van der Waals surface area contributed by atoms with Gasteiger partial charge in [0, 0.05) is 18.3 Å². The normalized spacial score (nSPS) is 19.2. The molecule has 0 unspecified atom stereocenters. The zero-order chi connectivity index (χ0) is 12.4. The third kappa shape index (κ3) is 2.27. The topological polar surface area (TPSA) is 32.3 Å². The van der Waals surface area contributed by atoms with E-state index in [0.29, 0.717) is 12.6 Å². The van der Waals surface area contributed by atoms with Gasteiger partial charge >= 0.3 is 0 Å². The molecule has 1 heterocycles. The minimum Gasteiger partial charge on any atom is -0.311 e. The highest BCUT2D eigenvalue weighted by atomic mass is 16.2. The van der Waals surface area contributed by atoms with E-state index in [1.807, 2.05) is 17.0 Å². The van der Waals surface area contributed by atoms with Crippen LogP contribution in [-0.2, 0) is 11.2 Å². The van der Waals surface area contributed by atoms with E-state index in [0.717, 1.165) is 18.7 Å². The molecule has 1 aromatic carbocycles. The third-order valence-electron chi connectivity index (χ3n) is 4.09. The first-order valence-electron chi connectivity index (χ1n) is 6.96. The second kappa shape index (κ2) is 5.11. The average molecular weight is 244 g/mol. The largest absolute Gasteiger partial charge is 0.311 e. The summed E-state index contributed by atoms with van der Waals surface area (Å²) < 4.78 is 0. The highest BCUT2D eigenvalue weighted by molar-refractivity contribution is 5.96. The lowest BCUT2D eigenvalue weighted by Gasteiger charge is -2.19. The summed E-state index contributed by atoms with van der Waals surface area (Å²) in [5.41, 5.74) is 2.41. The van der Waals surface area contributed by atoms with Gasteiger partial charge in [-0.05, 0) is 30.9 Å². The van der Waals surface area contributed by atoms with Crippen molar-refractivity contribution in [3.63, 3.8) is 0 Å². The van der Waals surface area contributed by atoms with Gasteiger partial charge in [0.15, 0.2) is 0 Å². The van der Waals surface area contributed by atoms with Crippen LogP contribution in [0.1, 0.15) is 31.2 Å². The molecule has 1 saturated carbocycles. The fraction of sp³-hybridized carbons (Fsp3) is 0.533. The first kappa shape index (κ1) is 11.7. The van der Waals surface area contributed by atoms with Gasteiger partial charge in [0.2, 0.25) is 5.91 Å². The van der Waals surface area contributed by atoms with Crippen molar-refractivity contribution in [2.24, 2.45) is 0 Å². The fourth-order valence-electron chi connectivity index (χ4n) is 3.05. The molecule has 0 bridgehead atoms. The van der Waals surface area contributed by atoms with Crippen LogP contribution in [0.15, 0.2) is 24.3 Å². The maximum Gasteiger partial charge on any atom is 0.240 e. The molecule has 18 heavy (non-hydrogen) atoms. The number of nitrogens with one attached hydrogen (secondary N) is 1. The number of hydrogen-bond donors (Lipinski definition) is 1. The Morgan fingerprint density at radius 2 is 2.06 bits per heavy atom. The zero-order valence-corrected chi connectivity index (χ0v) is 10.7. The van der Waals surface area contributed by atoms with Gasteiger partial charge in [0.05, 0.1) is 6.54 Å². The minimum absolute atomic E-state index is 0.215. The molecule has 1 aromatic rings. The number of rotatable bonds is 3. The molecule has 1 aliphatic heterocycles. The van der Waals surface area contributed by atoms with Crippen LogP contribution < -0.4 is 10.2 Å². The first-order chi connectivity index (χ1) is 8.84. The van der Waals surface area contributed by atoms with E-state index in [9.17, 15) is 4.79 Å². The number of carbonyl (C=O) groups is 1. The zero-order valence-electron chi connectivity index (χ0n) is 10.7. The molecule has 3 nitrogen and oxygen atoms in total. The van der Waals surface area contributed by atoms with Crippen LogP contribution >= 0.6 is 0 Å². The summed E-state index contributed by atoms with van der Waals surface area (Å²) in [5, 5.41) is 3.40. The van der Waals surface area contributed by atoms with Crippen molar-refractivity contribution in [2.45, 2.75) is 38.1 Å². The molecule has 96 valence electrons. The van der Waals surface area contributed by atoms with Gasteiger partial charge in [-0.3, -0.25) is 4.79 Å². The summed E-state index contributed by atoms with van der Waals surface area (Å²) in [6.07, 6.45) is 6.05. The molecule has 0 atom stereocenters. The molecule has 1 fully saturated rings. The Labute approximate surface area is 108 Å². The molecule has 3 rings (SSSR count). The Hall–Kier alpha value is -1.35. The van der Waals surface area contributed by atoms with E-state index in [4.69, 9.17) is 0 Å². The summed E-state index contributed by atoms with van der Waals surface area (Å²) >= 11 is 0. The number of amides is 1. The molecule has 0 radical (unpaired) electrons. The molecule has 2 aliphatic rings. The van der Waals surface area contributed by atoms with E-state index in [1.54, 1.807) is 0 Å². The van der Waals surface area contributed by atoms with Crippen LogP contribution in [0.25, 0.3) is 0 Å². The molecular formula is C15H20N2O. The van der Waals surface area contributed by atoms with Crippen LogP contribution in [0.2, 0.25) is 0 Å². The van der Waals surface area contributed by atoms with Crippen LogP contribution in [0.4, 0.5) is 5.69 Å². The van der Waals surface area contributed by atoms with Gasteiger partial charge in [-0.1, -0.05) is 31.0 Å². The predicted molar refractivity (Wildman–Crippen MR) is 72.8 cm³/mol. The van der Waals surface area contributed by atoms with E-state index < -0.39 is 0 Å². The summed E-state index contributed by atoms with van der Waals surface area (Å²) in [7, 11) is 0. The molecule has 1 aliphatic carbocycles. The number of para-hydroxylation sites is 1. The van der Waals surface area contributed by atoms with Crippen molar-refractivity contribution >= 4 is 11.6 Å². The van der Waals surface area contributed by atoms with Crippen LogP contribution in [0, 0.1) is 0 Å². The van der Waals surface area contributed by atoms with E-state index >= 15 is 0 Å². The SMILES string of the molecule is O=C(CNC1CCCC1)N1CCc2ccccc21. The second-order valence-corrected chi connectivity index (χ2v) is 5.29. The lowest BCUT2D eigenvalue weighted by Crippen LogP contribution is -2.40. The van der Waals surface area contributed by atoms with Gasteiger partial charge in [-0.25, -0.2) is 0 Å². The second-order valence-electron chi connectivity index (χ2n) is 5.29. The van der Waals surface area contributed by atoms with Gasteiger partial charge < -0.3 is 10.2 Å². The molecule has 0 saturated heterocycles. The predicted octanol–water partition coefficient (Wildman–Crippen LogP) is 2.11. The monoisotopic (exact) mass is 244 g/mol. The summed E-state index contributed by atoms with van der Waals surface area (Å²) in [6.45, 7) is 1.32. The molecule has 0 aromatic heterocycles. The highest BCUT2D eigenvalue weighted by Crippen LogP contribution is 2.27. The van der Waals surface area contributed by atoms with Crippen molar-refractivity contribution < 1.29 is 4.79 Å². The summed E-state index contributed by atoms with van der Waals surface area (Å²) in [4.78, 5) is 14.2. The molecule has 0 spiro atoms. The first-order valence-corrected chi connectivity index (χ1v) is 6.96. The number of nitrogens with zero attached hydrogens (tertiary/aromatic N) is 1. The summed E-state index contributed by atoms with van der Waals surface area (Å²) in [5.74, 6) is 0.215. The number of benzene rings is 1. The van der Waals surface area contributed by atoms with Gasteiger partial charge in [-0.15, -0.1) is 0 Å². The van der Waals surface area contributed by atoms with Crippen molar-refractivity contribution in [3.05, 3.63) is 29.8 Å². The quantitative estimate of drug-likeness (QED) is 0.883. The van der Waals surface area contributed by atoms with E-state index in [1.165, 1.54) is 31.2 Å². The van der Waals surface area contributed by atoms with Gasteiger partial charge in [-0.2, -0.15) is 0 Å². The lowest BCUT2D eigenvalue weighted by atomic mass is 10.2. The Bertz CT molecular complexity index is 438. The van der Waals surface area contributed by atoms with Gasteiger partial charge in [0.1, 0.15) is 0 Å². The Balaban J connectivity index is 1.60. The number of hydrogen-bond acceptors (Lipinski definition) is 2. The highest BCUT2D eigenvalue weighted by Gasteiger charge is 2.24. The Morgan fingerprint density at radius 1 is 1.28 bits per heavy atom. The van der Waals surface area contributed by atoms with E-state index in [-0.39, 0.29) is 5.91 Å². The van der Waals surface area contributed by atoms with Crippen molar-refractivity contribution in [1.82, 2.24) is 5.32 Å². The summed E-state index contributed by atoms with van der Waals surface area (Å²) in [6, 6.07) is 8.79.